The first kappa shape index (κ1) is 12.2. The Bertz CT molecular complexity index is 537. The van der Waals surface area contributed by atoms with Crippen molar-refractivity contribution in [3.05, 3.63) is 46.9 Å². The molecule has 1 aromatic carbocycles. The molecule has 1 saturated carbocycles. The summed E-state index contributed by atoms with van der Waals surface area (Å²) in [7, 11) is 0. The molecule has 0 spiro atoms. The summed E-state index contributed by atoms with van der Waals surface area (Å²) in [6.07, 6.45) is 3.96. The zero-order chi connectivity index (χ0) is 13.1. The van der Waals surface area contributed by atoms with Crippen molar-refractivity contribution in [2.75, 3.05) is 5.32 Å². The number of aromatic nitrogens is 1. The molecule has 3 rings (SSSR count). The zero-order valence-corrected chi connectivity index (χ0v) is 11.3. The molecule has 2 amide bonds. The summed E-state index contributed by atoms with van der Waals surface area (Å²) in [5, 5.41) is 5.86. The molecule has 0 saturated heterocycles. The van der Waals surface area contributed by atoms with Gasteiger partial charge in [0.05, 0.1) is 6.54 Å². The van der Waals surface area contributed by atoms with Crippen LogP contribution in [0, 0.1) is 0 Å². The molecule has 0 unspecified atom stereocenters. The number of carbonyl (C=O) groups excluding carboxylic acids is 1. The minimum Gasteiger partial charge on any atom is -0.315 e. The van der Waals surface area contributed by atoms with Crippen molar-refractivity contribution in [2.45, 2.75) is 25.4 Å². The van der Waals surface area contributed by atoms with E-state index in [0.29, 0.717) is 12.6 Å². The second-order valence-electron chi connectivity index (χ2n) is 4.58. The normalized spacial score (nSPS) is 14.1. The highest BCUT2D eigenvalue weighted by Gasteiger charge is 2.33. The minimum absolute atomic E-state index is 0.0381. The molecule has 1 fully saturated rings. The summed E-state index contributed by atoms with van der Waals surface area (Å²) < 4.78 is 0. The Balaban J connectivity index is 1.68. The van der Waals surface area contributed by atoms with E-state index in [1.807, 2.05) is 40.6 Å². The second-order valence-corrected chi connectivity index (χ2v) is 5.56. The van der Waals surface area contributed by atoms with Crippen molar-refractivity contribution in [1.82, 2.24) is 9.88 Å². The fraction of sp³-hybridized carbons (Fsp3) is 0.286. The van der Waals surface area contributed by atoms with Gasteiger partial charge < -0.3 is 10.2 Å². The highest BCUT2D eigenvalue weighted by atomic mass is 32.1. The molecule has 2 aromatic rings. The van der Waals surface area contributed by atoms with Crippen LogP contribution in [0.15, 0.2) is 41.9 Å². The predicted molar refractivity (Wildman–Crippen MR) is 76.1 cm³/mol. The van der Waals surface area contributed by atoms with Crippen molar-refractivity contribution in [3.63, 3.8) is 0 Å². The maximum Gasteiger partial charge on any atom is 0.322 e. The molecule has 4 nitrogen and oxygen atoms in total. The maximum atomic E-state index is 12.3. The quantitative estimate of drug-likeness (QED) is 0.928. The number of rotatable bonds is 4. The summed E-state index contributed by atoms with van der Waals surface area (Å²) in [5.41, 5.74) is 0.831. The van der Waals surface area contributed by atoms with Gasteiger partial charge in [-0.1, -0.05) is 18.2 Å². The summed E-state index contributed by atoms with van der Waals surface area (Å²) >= 11 is 1.59. The molecule has 1 aromatic heterocycles. The lowest BCUT2D eigenvalue weighted by atomic mass is 10.3. The Morgan fingerprint density at radius 1 is 1.37 bits per heavy atom. The SMILES string of the molecule is O=C(Nc1ccccc1)N(Cc1nccs1)C1CC1. The van der Waals surface area contributed by atoms with Crippen LogP contribution in [0.2, 0.25) is 0 Å². The van der Waals surface area contributed by atoms with E-state index in [1.165, 1.54) is 0 Å². The van der Waals surface area contributed by atoms with Crippen LogP contribution in [0.4, 0.5) is 10.5 Å². The maximum absolute atomic E-state index is 12.3. The Morgan fingerprint density at radius 3 is 2.79 bits per heavy atom. The average Bonchev–Trinajstić information content (AvgIpc) is 3.14. The van der Waals surface area contributed by atoms with Crippen molar-refractivity contribution in [3.8, 4) is 0 Å². The number of carbonyl (C=O) groups is 1. The lowest BCUT2D eigenvalue weighted by Crippen LogP contribution is -2.36. The molecule has 0 bridgehead atoms. The molecule has 0 radical (unpaired) electrons. The first-order valence-electron chi connectivity index (χ1n) is 6.34. The Hall–Kier alpha value is -1.88. The van der Waals surface area contributed by atoms with Gasteiger partial charge in [0.25, 0.3) is 0 Å². The lowest BCUT2D eigenvalue weighted by molar-refractivity contribution is 0.206. The summed E-state index contributed by atoms with van der Waals surface area (Å²) in [5.74, 6) is 0. The van der Waals surface area contributed by atoms with Crippen LogP contribution in [0.5, 0.6) is 0 Å². The lowest BCUT2D eigenvalue weighted by Gasteiger charge is -2.21. The Kier molecular flexibility index (Phi) is 3.46. The average molecular weight is 273 g/mol. The molecule has 1 heterocycles. The molecule has 1 N–H and O–H groups in total. The van der Waals surface area contributed by atoms with Gasteiger partial charge in [-0.25, -0.2) is 9.78 Å². The summed E-state index contributed by atoms with van der Waals surface area (Å²) in [6, 6.07) is 9.88. The first-order chi connectivity index (χ1) is 9.33. The molecule has 1 aliphatic rings. The third-order valence-corrected chi connectivity index (χ3v) is 3.83. The van der Waals surface area contributed by atoms with E-state index < -0.39 is 0 Å². The third-order valence-electron chi connectivity index (χ3n) is 3.06. The van der Waals surface area contributed by atoms with E-state index in [9.17, 15) is 4.79 Å². The number of hydrogen-bond acceptors (Lipinski definition) is 3. The zero-order valence-electron chi connectivity index (χ0n) is 10.5. The fourth-order valence-corrected chi connectivity index (χ4v) is 2.56. The van der Waals surface area contributed by atoms with Gasteiger partial charge in [-0.05, 0) is 25.0 Å². The van der Waals surface area contributed by atoms with Crippen molar-refractivity contribution in [2.24, 2.45) is 0 Å². The van der Waals surface area contributed by atoms with Crippen LogP contribution >= 0.6 is 11.3 Å². The van der Waals surface area contributed by atoms with Crippen LogP contribution in [0.1, 0.15) is 17.8 Å². The van der Waals surface area contributed by atoms with Gasteiger partial charge in [0.2, 0.25) is 0 Å². The van der Waals surface area contributed by atoms with Gasteiger partial charge in [-0.2, -0.15) is 0 Å². The topological polar surface area (TPSA) is 45.2 Å². The minimum atomic E-state index is -0.0381. The van der Waals surface area contributed by atoms with Gasteiger partial charge in [-0.15, -0.1) is 11.3 Å². The number of amides is 2. The van der Waals surface area contributed by atoms with E-state index in [0.717, 1.165) is 23.5 Å². The first-order valence-corrected chi connectivity index (χ1v) is 7.22. The smallest absolute Gasteiger partial charge is 0.315 e. The molecule has 0 aliphatic heterocycles. The van der Waals surface area contributed by atoms with Gasteiger partial charge in [0.1, 0.15) is 5.01 Å². The largest absolute Gasteiger partial charge is 0.322 e. The predicted octanol–water partition coefficient (Wildman–Crippen LogP) is 3.34. The number of para-hydroxylation sites is 1. The molecule has 5 heteroatoms. The highest BCUT2D eigenvalue weighted by Crippen LogP contribution is 2.29. The summed E-state index contributed by atoms with van der Waals surface area (Å²) in [6.45, 7) is 0.598. The van der Waals surface area contributed by atoms with Crippen LogP contribution in [0.25, 0.3) is 0 Å². The molecular formula is C14H15N3OS. The van der Waals surface area contributed by atoms with Crippen LogP contribution in [-0.2, 0) is 6.54 Å². The highest BCUT2D eigenvalue weighted by molar-refractivity contribution is 7.09. The van der Waals surface area contributed by atoms with E-state index >= 15 is 0 Å². The van der Waals surface area contributed by atoms with Gasteiger partial charge >= 0.3 is 6.03 Å². The number of nitrogens with one attached hydrogen (secondary N) is 1. The van der Waals surface area contributed by atoms with Gasteiger partial charge in [-0.3, -0.25) is 0 Å². The van der Waals surface area contributed by atoms with Crippen molar-refractivity contribution < 1.29 is 4.79 Å². The van der Waals surface area contributed by atoms with E-state index in [2.05, 4.69) is 10.3 Å². The van der Waals surface area contributed by atoms with E-state index in [1.54, 1.807) is 17.5 Å². The van der Waals surface area contributed by atoms with Gasteiger partial charge in [0, 0.05) is 23.3 Å². The van der Waals surface area contributed by atoms with Crippen LogP contribution in [0.3, 0.4) is 0 Å². The number of benzene rings is 1. The van der Waals surface area contributed by atoms with E-state index in [-0.39, 0.29) is 6.03 Å². The number of urea groups is 1. The standard InChI is InChI=1S/C14H15N3OS/c18-14(16-11-4-2-1-3-5-11)17(12-6-7-12)10-13-15-8-9-19-13/h1-5,8-9,12H,6-7,10H2,(H,16,18). The number of thiazole rings is 1. The number of anilines is 1. The third kappa shape index (κ3) is 3.12. The fourth-order valence-electron chi connectivity index (χ4n) is 1.95. The Labute approximate surface area is 116 Å². The number of nitrogens with zero attached hydrogens (tertiary/aromatic N) is 2. The monoisotopic (exact) mass is 273 g/mol. The molecule has 1 aliphatic carbocycles. The Morgan fingerprint density at radius 2 is 2.16 bits per heavy atom. The molecule has 98 valence electrons. The molecule has 19 heavy (non-hydrogen) atoms. The van der Waals surface area contributed by atoms with Crippen molar-refractivity contribution >= 4 is 23.1 Å². The molecule has 0 atom stereocenters. The van der Waals surface area contributed by atoms with Crippen LogP contribution in [-0.4, -0.2) is 22.0 Å². The van der Waals surface area contributed by atoms with Crippen LogP contribution < -0.4 is 5.32 Å². The van der Waals surface area contributed by atoms with E-state index in [4.69, 9.17) is 0 Å². The second kappa shape index (κ2) is 5.40. The molecular weight excluding hydrogens is 258 g/mol. The number of hydrogen-bond donors (Lipinski definition) is 1. The van der Waals surface area contributed by atoms with Crippen molar-refractivity contribution in [1.29, 1.82) is 0 Å². The van der Waals surface area contributed by atoms with Gasteiger partial charge in [0.15, 0.2) is 0 Å². The summed E-state index contributed by atoms with van der Waals surface area (Å²) in [4.78, 5) is 18.4.